The summed E-state index contributed by atoms with van der Waals surface area (Å²) in [7, 11) is 1.64. The average Bonchev–Trinajstić information content (AvgIpc) is 2.76. The summed E-state index contributed by atoms with van der Waals surface area (Å²) in [6.07, 6.45) is 3.00. The van der Waals surface area contributed by atoms with Crippen molar-refractivity contribution in [3.8, 4) is 5.75 Å². The summed E-state index contributed by atoms with van der Waals surface area (Å²) in [4.78, 5) is 18.0. The smallest absolute Gasteiger partial charge is 0.276 e. The number of rotatable bonds is 6. The third kappa shape index (κ3) is 4.25. The molecule has 0 saturated heterocycles. The molecule has 1 amide bonds. The summed E-state index contributed by atoms with van der Waals surface area (Å²) < 4.78 is 6.17. The number of hydrazone groups is 1. The molecule has 8 heteroatoms. The van der Waals surface area contributed by atoms with Crippen molar-refractivity contribution in [2.75, 3.05) is 12.9 Å². The fourth-order valence-electron chi connectivity index (χ4n) is 3.43. The van der Waals surface area contributed by atoms with Gasteiger partial charge in [0.25, 0.3) is 5.91 Å². The Bertz CT molecular complexity index is 1100. The number of unbranched alkanes of at least 4 members (excludes halogenated alkanes) is 2. The van der Waals surface area contributed by atoms with Crippen LogP contribution in [-0.2, 0) is 4.79 Å². The molecular formula is C22H23BrN4O2S. The second-order valence-electron chi connectivity index (χ2n) is 7.05. The molecule has 0 radical (unpaired) electrons. The second kappa shape index (κ2) is 9.22. The van der Waals surface area contributed by atoms with Gasteiger partial charge < -0.3 is 4.74 Å². The first-order valence-electron chi connectivity index (χ1n) is 9.94. The molecule has 1 N–H and O–H groups in total. The van der Waals surface area contributed by atoms with Crippen molar-refractivity contribution in [1.29, 1.82) is 0 Å². The van der Waals surface area contributed by atoms with Crippen molar-refractivity contribution < 1.29 is 9.53 Å². The summed E-state index contributed by atoms with van der Waals surface area (Å²) in [6.45, 7) is 2.18. The SMILES string of the molecule is CCCCCSC1=NN2C(=c3cc(Br)ccc3=NC2c2ccc(OC)cc2)C(=O)N1. The predicted molar refractivity (Wildman–Crippen MR) is 123 cm³/mol. The third-order valence-electron chi connectivity index (χ3n) is 4.97. The topological polar surface area (TPSA) is 66.3 Å². The van der Waals surface area contributed by atoms with Gasteiger partial charge in [-0.2, -0.15) is 0 Å². The lowest BCUT2D eigenvalue weighted by molar-refractivity contribution is -0.116. The Kier molecular flexibility index (Phi) is 6.43. The molecule has 2 heterocycles. The van der Waals surface area contributed by atoms with E-state index in [2.05, 4.69) is 28.2 Å². The third-order valence-corrected chi connectivity index (χ3v) is 6.41. The normalized spacial score (nSPS) is 17.5. The van der Waals surface area contributed by atoms with Gasteiger partial charge in [0.05, 0.1) is 12.5 Å². The summed E-state index contributed by atoms with van der Waals surface area (Å²) >= 11 is 5.08. The zero-order chi connectivity index (χ0) is 21.1. The number of carbonyl (C=O) groups excluding carboxylic acids is 1. The van der Waals surface area contributed by atoms with E-state index in [0.717, 1.165) is 45.0 Å². The maximum Gasteiger partial charge on any atom is 0.276 e. The van der Waals surface area contributed by atoms with Crippen LogP contribution in [0.4, 0.5) is 0 Å². The van der Waals surface area contributed by atoms with Crippen LogP contribution in [0.15, 0.2) is 57.0 Å². The van der Waals surface area contributed by atoms with Crippen LogP contribution in [0.2, 0.25) is 0 Å². The average molecular weight is 487 g/mol. The molecule has 6 nitrogen and oxygen atoms in total. The van der Waals surface area contributed by atoms with Crippen molar-refractivity contribution in [1.82, 2.24) is 10.3 Å². The molecule has 0 fully saturated rings. The van der Waals surface area contributed by atoms with Crippen molar-refractivity contribution >= 4 is 44.5 Å². The molecule has 2 aliphatic rings. The molecule has 1 unspecified atom stereocenters. The molecule has 0 aliphatic carbocycles. The molecule has 0 spiro atoms. The minimum absolute atomic E-state index is 0.157. The van der Waals surface area contributed by atoms with Crippen molar-refractivity contribution in [3.05, 3.63) is 63.1 Å². The number of methoxy groups -OCH3 is 1. The van der Waals surface area contributed by atoms with Gasteiger partial charge in [-0.25, -0.2) is 5.01 Å². The van der Waals surface area contributed by atoms with Crippen LogP contribution in [0, 0.1) is 0 Å². The monoisotopic (exact) mass is 486 g/mol. The van der Waals surface area contributed by atoms with E-state index >= 15 is 0 Å². The van der Waals surface area contributed by atoms with Crippen molar-refractivity contribution in [3.63, 3.8) is 0 Å². The Morgan fingerprint density at radius 1 is 1.20 bits per heavy atom. The number of amides is 1. The fraction of sp³-hybridized carbons (Fsp3) is 0.318. The highest BCUT2D eigenvalue weighted by molar-refractivity contribution is 9.10. The summed E-state index contributed by atoms with van der Waals surface area (Å²) in [5.41, 5.74) is 1.45. The van der Waals surface area contributed by atoms with Crippen LogP contribution in [0.25, 0.3) is 5.70 Å². The molecule has 30 heavy (non-hydrogen) atoms. The minimum atomic E-state index is -0.420. The molecule has 1 atom stereocenters. The Labute approximate surface area is 188 Å². The van der Waals surface area contributed by atoms with E-state index in [1.165, 1.54) is 6.42 Å². The van der Waals surface area contributed by atoms with E-state index < -0.39 is 6.17 Å². The van der Waals surface area contributed by atoms with Crippen LogP contribution in [0.3, 0.4) is 0 Å². The van der Waals surface area contributed by atoms with Crippen LogP contribution in [0.5, 0.6) is 5.75 Å². The zero-order valence-corrected chi connectivity index (χ0v) is 19.3. The van der Waals surface area contributed by atoms with Gasteiger partial charge >= 0.3 is 0 Å². The number of nitrogens with zero attached hydrogens (tertiary/aromatic N) is 3. The molecule has 0 bridgehead atoms. The Balaban J connectivity index is 1.78. The van der Waals surface area contributed by atoms with E-state index in [-0.39, 0.29) is 5.91 Å². The molecule has 2 aliphatic heterocycles. The fourth-order valence-corrected chi connectivity index (χ4v) is 4.64. The summed E-state index contributed by atoms with van der Waals surface area (Å²) in [6, 6.07) is 13.5. The van der Waals surface area contributed by atoms with Gasteiger partial charge in [0.2, 0.25) is 0 Å². The molecule has 2 aromatic rings. The van der Waals surface area contributed by atoms with Crippen LogP contribution in [0.1, 0.15) is 37.9 Å². The number of carbonyl (C=O) groups is 1. The molecule has 0 aromatic heterocycles. The zero-order valence-electron chi connectivity index (χ0n) is 16.9. The van der Waals surface area contributed by atoms with E-state index in [1.807, 2.05) is 42.5 Å². The molecule has 2 aromatic carbocycles. The van der Waals surface area contributed by atoms with Gasteiger partial charge in [-0.1, -0.05) is 59.6 Å². The highest BCUT2D eigenvalue weighted by Gasteiger charge is 2.34. The number of hydrogen-bond acceptors (Lipinski definition) is 6. The Hall–Kier alpha value is -2.32. The number of thioether (sulfide) groups is 1. The Morgan fingerprint density at radius 2 is 2.00 bits per heavy atom. The van der Waals surface area contributed by atoms with E-state index in [9.17, 15) is 4.79 Å². The largest absolute Gasteiger partial charge is 0.497 e. The standard InChI is InChI=1S/C22H23BrN4O2S/c1-3-4-5-12-30-22-25-21(28)19-17-13-15(23)8-11-18(17)24-20(27(19)26-22)14-6-9-16(29-2)10-7-14/h6-11,13,20H,3-5,12H2,1-2H3,(H,25,26,28). The first-order valence-corrected chi connectivity index (χ1v) is 11.7. The molecular weight excluding hydrogens is 464 g/mol. The van der Waals surface area contributed by atoms with E-state index in [0.29, 0.717) is 10.9 Å². The molecule has 4 rings (SSSR count). The van der Waals surface area contributed by atoms with Crippen LogP contribution >= 0.6 is 27.7 Å². The molecule has 156 valence electrons. The lowest BCUT2D eigenvalue weighted by Gasteiger charge is -2.34. The highest BCUT2D eigenvalue weighted by Crippen LogP contribution is 2.31. The van der Waals surface area contributed by atoms with Gasteiger partial charge in [-0.05, 0) is 42.3 Å². The van der Waals surface area contributed by atoms with E-state index in [1.54, 1.807) is 23.9 Å². The molecule has 0 saturated carbocycles. The van der Waals surface area contributed by atoms with Crippen molar-refractivity contribution in [2.45, 2.75) is 32.4 Å². The number of nitrogens with one attached hydrogen (secondary N) is 1. The number of halogens is 1. The van der Waals surface area contributed by atoms with Gasteiger partial charge in [0.15, 0.2) is 11.3 Å². The number of fused-ring (bicyclic) bond motifs is 2. The van der Waals surface area contributed by atoms with Gasteiger partial charge in [-0.3, -0.25) is 15.1 Å². The minimum Gasteiger partial charge on any atom is -0.497 e. The summed E-state index contributed by atoms with van der Waals surface area (Å²) in [5, 5.41) is 11.7. The first kappa shape index (κ1) is 20.9. The van der Waals surface area contributed by atoms with Gasteiger partial charge in [0, 0.05) is 15.4 Å². The van der Waals surface area contributed by atoms with E-state index in [4.69, 9.17) is 14.8 Å². The van der Waals surface area contributed by atoms with Gasteiger partial charge in [0.1, 0.15) is 11.4 Å². The number of hydrogen-bond donors (Lipinski definition) is 1. The van der Waals surface area contributed by atoms with Crippen molar-refractivity contribution in [2.24, 2.45) is 10.1 Å². The maximum absolute atomic E-state index is 13.1. The predicted octanol–water partition coefficient (Wildman–Crippen LogP) is 3.52. The number of benzene rings is 2. The number of amidine groups is 1. The van der Waals surface area contributed by atoms with Crippen LogP contribution in [-0.4, -0.2) is 28.9 Å². The maximum atomic E-state index is 13.1. The second-order valence-corrected chi connectivity index (χ2v) is 9.04. The lowest BCUT2D eigenvalue weighted by atomic mass is 10.1. The summed E-state index contributed by atoms with van der Waals surface area (Å²) in [5.74, 6) is 1.54. The first-order chi connectivity index (χ1) is 14.6. The van der Waals surface area contributed by atoms with Gasteiger partial charge in [-0.15, -0.1) is 5.10 Å². The highest BCUT2D eigenvalue weighted by atomic mass is 79.9. The van der Waals surface area contributed by atoms with Crippen LogP contribution < -0.4 is 20.6 Å². The quantitative estimate of drug-likeness (QED) is 0.634. The lowest BCUT2D eigenvalue weighted by Crippen LogP contribution is -2.50. The Morgan fingerprint density at radius 3 is 2.73 bits per heavy atom. The number of ether oxygens (including phenoxy) is 1.